The Morgan fingerprint density at radius 3 is 1.86 bits per heavy atom. The van der Waals surface area contributed by atoms with Crippen molar-refractivity contribution in [1.82, 2.24) is 5.32 Å². The van der Waals surface area contributed by atoms with Gasteiger partial charge in [0.2, 0.25) is 0 Å². The lowest BCUT2D eigenvalue weighted by molar-refractivity contribution is 0.589. The summed E-state index contributed by atoms with van der Waals surface area (Å²) in [5, 5.41) is 3.34. The molecule has 1 saturated heterocycles. The Morgan fingerprint density at radius 2 is 1.36 bits per heavy atom. The normalized spacial score (nSPS) is 15.8. The molecule has 3 rings (SSSR count). The van der Waals surface area contributed by atoms with Gasteiger partial charge in [-0.15, -0.1) is 0 Å². The van der Waals surface area contributed by atoms with Crippen LogP contribution in [0.1, 0.15) is 0 Å². The van der Waals surface area contributed by atoms with Crippen molar-refractivity contribution < 1.29 is 8.42 Å². The van der Waals surface area contributed by atoms with E-state index >= 15 is 0 Å². The Hall–Kier alpha value is -1.56. The van der Waals surface area contributed by atoms with Gasteiger partial charge >= 0.3 is 0 Å². The molecule has 6 heteroatoms. The lowest BCUT2D eigenvalue weighted by Gasteiger charge is -2.29. The van der Waals surface area contributed by atoms with Crippen LogP contribution in [0.5, 0.6) is 0 Å². The first-order valence-electron chi connectivity index (χ1n) is 7.15. The number of nitrogens with one attached hydrogen (secondary N) is 1. The molecule has 1 aliphatic heterocycles. The van der Waals surface area contributed by atoms with Crippen molar-refractivity contribution in [2.75, 3.05) is 31.1 Å². The van der Waals surface area contributed by atoms with Crippen LogP contribution >= 0.6 is 10.7 Å². The van der Waals surface area contributed by atoms with Crippen molar-refractivity contribution in [3.05, 3.63) is 48.5 Å². The summed E-state index contributed by atoms with van der Waals surface area (Å²) in [4.78, 5) is 2.47. The maximum absolute atomic E-state index is 11.3. The standard InChI is InChI=1S/C16H17ClN2O2S/c17-22(20,21)16-7-3-14(4-8-16)13-1-5-15(6-2-13)19-11-9-18-10-12-19/h1-8,18H,9-12H2. The second-order valence-electron chi connectivity index (χ2n) is 5.25. The average molecular weight is 337 g/mol. The van der Waals surface area contributed by atoms with Crippen molar-refractivity contribution >= 4 is 25.4 Å². The van der Waals surface area contributed by atoms with E-state index in [0.717, 1.165) is 37.3 Å². The number of hydrogen-bond acceptors (Lipinski definition) is 4. The molecule has 1 heterocycles. The Morgan fingerprint density at radius 1 is 0.864 bits per heavy atom. The molecule has 2 aromatic rings. The predicted molar refractivity (Wildman–Crippen MR) is 90.0 cm³/mol. The molecule has 0 radical (unpaired) electrons. The van der Waals surface area contributed by atoms with Gasteiger partial charge in [0.1, 0.15) is 0 Å². The summed E-state index contributed by atoms with van der Waals surface area (Å²) in [6.07, 6.45) is 0. The first-order chi connectivity index (χ1) is 10.5. The maximum Gasteiger partial charge on any atom is 0.261 e. The van der Waals surface area contributed by atoms with Gasteiger partial charge in [0, 0.05) is 42.5 Å². The monoisotopic (exact) mass is 336 g/mol. The first kappa shape index (κ1) is 15.3. The van der Waals surface area contributed by atoms with Gasteiger partial charge in [0.05, 0.1) is 4.90 Å². The lowest BCUT2D eigenvalue weighted by atomic mass is 10.1. The molecule has 0 unspecified atom stereocenters. The van der Waals surface area contributed by atoms with Crippen molar-refractivity contribution in [1.29, 1.82) is 0 Å². The predicted octanol–water partition coefficient (Wildman–Crippen LogP) is 2.69. The zero-order valence-electron chi connectivity index (χ0n) is 12.0. The zero-order valence-corrected chi connectivity index (χ0v) is 13.6. The fourth-order valence-electron chi connectivity index (χ4n) is 2.60. The van der Waals surface area contributed by atoms with E-state index in [0.29, 0.717) is 0 Å². The van der Waals surface area contributed by atoms with Gasteiger partial charge in [0.25, 0.3) is 9.05 Å². The molecule has 0 atom stereocenters. The number of halogens is 1. The van der Waals surface area contributed by atoms with Crippen molar-refractivity contribution in [2.24, 2.45) is 0 Å². The van der Waals surface area contributed by atoms with Crippen molar-refractivity contribution in [2.45, 2.75) is 4.90 Å². The SMILES string of the molecule is O=S(=O)(Cl)c1ccc(-c2ccc(N3CCNCC3)cc2)cc1. The fraction of sp³-hybridized carbons (Fsp3) is 0.250. The molecule has 0 saturated carbocycles. The van der Waals surface area contributed by atoms with Crippen LogP contribution in [0, 0.1) is 0 Å². The number of nitrogens with zero attached hydrogens (tertiary/aromatic N) is 1. The molecule has 1 N–H and O–H groups in total. The third-order valence-corrected chi connectivity index (χ3v) is 5.19. The van der Waals surface area contributed by atoms with E-state index in [2.05, 4.69) is 34.5 Å². The number of anilines is 1. The Labute approximate surface area is 135 Å². The fourth-order valence-corrected chi connectivity index (χ4v) is 3.37. The molecule has 2 aromatic carbocycles. The topological polar surface area (TPSA) is 49.4 Å². The van der Waals surface area contributed by atoms with E-state index in [-0.39, 0.29) is 4.90 Å². The molecule has 116 valence electrons. The van der Waals surface area contributed by atoms with Gasteiger partial charge in [-0.1, -0.05) is 24.3 Å². The van der Waals surface area contributed by atoms with Crippen LogP contribution in [-0.4, -0.2) is 34.6 Å². The van der Waals surface area contributed by atoms with Gasteiger partial charge in [-0.3, -0.25) is 0 Å². The summed E-state index contributed by atoms with van der Waals surface area (Å²) in [6.45, 7) is 4.05. The molecule has 0 aromatic heterocycles. The Bertz CT molecular complexity index is 737. The first-order valence-corrected chi connectivity index (χ1v) is 9.46. The maximum atomic E-state index is 11.3. The number of rotatable bonds is 3. The molecule has 0 bridgehead atoms. The third-order valence-electron chi connectivity index (χ3n) is 3.82. The van der Waals surface area contributed by atoms with Crippen LogP contribution in [0.3, 0.4) is 0 Å². The third kappa shape index (κ3) is 3.43. The van der Waals surface area contributed by atoms with Crippen LogP contribution < -0.4 is 10.2 Å². The van der Waals surface area contributed by atoms with E-state index in [1.165, 1.54) is 17.8 Å². The number of piperazine rings is 1. The van der Waals surface area contributed by atoms with Crippen LogP contribution in [-0.2, 0) is 9.05 Å². The van der Waals surface area contributed by atoms with E-state index < -0.39 is 9.05 Å². The quantitative estimate of drug-likeness (QED) is 0.876. The Kier molecular flexibility index (Phi) is 4.38. The summed E-state index contributed by atoms with van der Waals surface area (Å²) in [5.74, 6) is 0. The molecule has 4 nitrogen and oxygen atoms in total. The van der Waals surface area contributed by atoms with E-state index in [1.54, 1.807) is 12.1 Å². The molecular formula is C16H17ClN2O2S. The molecule has 0 aliphatic carbocycles. The van der Waals surface area contributed by atoms with Gasteiger partial charge in [-0.2, -0.15) is 0 Å². The summed E-state index contributed by atoms with van der Waals surface area (Å²) in [5.41, 5.74) is 3.23. The highest BCUT2D eigenvalue weighted by atomic mass is 35.7. The molecule has 1 fully saturated rings. The average Bonchev–Trinajstić information content (AvgIpc) is 2.55. The summed E-state index contributed by atoms with van der Waals surface area (Å²) >= 11 is 0. The molecular weight excluding hydrogens is 320 g/mol. The van der Waals surface area contributed by atoms with Gasteiger partial charge in [0.15, 0.2) is 0 Å². The van der Waals surface area contributed by atoms with Gasteiger partial charge in [-0.25, -0.2) is 8.42 Å². The van der Waals surface area contributed by atoms with Crippen molar-refractivity contribution in [3.63, 3.8) is 0 Å². The highest BCUT2D eigenvalue weighted by Crippen LogP contribution is 2.25. The highest BCUT2D eigenvalue weighted by Gasteiger charge is 2.11. The smallest absolute Gasteiger partial charge is 0.261 e. The van der Waals surface area contributed by atoms with Crippen LogP contribution in [0.15, 0.2) is 53.4 Å². The van der Waals surface area contributed by atoms with Crippen LogP contribution in [0.25, 0.3) is 11.1 Å². The van der Waals surface area contributed by atoms with E-state index in [9.17, 15) is 8.42 Å². The minimum absolute atomic E-state index is 0.121. The summed E-state index contributed by atoms with van der Waals surface area (Å²) < 4.78 is 22.5. The summed E-state index contributed by atoms with van der Waals surface area (Å²) in [6, 6.07) is 14.9. The molecule has 1 aliphatic rings. The minimum atomic E-state index is -3.66. The molecule has 0 spiro atoms. The second kappa shape index (κ2) is 6.28. The van der Waals surface area contributed by atoms with E-state index in [1.807, 2.05) is 0 Å². The molecule has 0 amide bonds. The highest BCUT2D eigenvalue weighted by molar-refractivity contribution is 8.13. The van der Waals surface area contributed by atoms with Crippen LogP contribution in [0.2, 0.25) is 0 Å². The summed E-state index contributed by atoms with van der Waals surface area (Å²) in [7, 11) is 1.66. The number of benzene rings is 2. The van der Waals surface area contributed by atoms with E-state index in [4.69, 9.17) is 10.7 Å². The Balaban J connectivity index is 1.80. The lowest BCUT2D eigenvalue weighted by Crippen LogP contribution is -2.43. The van der Waals surface area contributed by atoms with Gasteiger partial charge < -0.3 is 10.2 Å². The molecule has 22 heavy (non-hydrogen) atoms. The van der Waals surface area contributed by atoms with Crippen LogP contribution in [0.4, 0.5) is 5.69 Å². The number of hydrogen-bond donors (Lipinski definition) is 1. The van der Waals surface area contributed by atoms with Gasteiger partial charge in [-0.05, 0) is 35.4 Å². The zero-order chi connectivity index (χ0) is 15.6. The second-order valence-corrected chi connectivity index (χ2v) is 7.81. The van der Waals surface area contributed by atoms with Crippen molar-refractivity contribution in [3.8, 4) is 11.1 Å². The minimum Gasteiger partial charge on any atom is -0.369 e. The largest absolute Gasteiger partial charge is 0.369 e.